The number of rotatable bonds is 10. The van der Waals surface area contributed by atoms with Crippen molar-refractivity contribution >= 4 is 63.3 Å². The Morgan fingerprint density at radius 1 is 1.12 bits per heavy atom. The van der Waals surface area contributed by atoms with Crippen molar-refractivity contribution in [1.82, 2.24) is 4.90 Å². The van der Waals surface area contributed by atoms with E-state index in [0.717, 1.165) is 8.86 Å². The molecule has 2 atom stereocenters. The third-order valence-electron chi connectivity index (χ3n) is 3.38. The predicted octanol–water partition coefficient (Wildman–Crippen LogP) is 2.07. The Morgan fingerprint density at radius 3 is 2.19 bits per heavy atom. The zero-order chi connectivity index (χ0) is 19.5. The van der Waals surface area contributed by atoms with Gasteiger partial charge in [-0.05, 0) is 18.6 Å². The van der Waals surface area contributed by atoms with Gasteiger partial charge in [0.2, 0.25) is 0 Å². The number of hydrogen-bond acceptors (Lipinski definition) is 7. The Balaban J connectivity index is 2.83. The monoisotopic (exact) mass is 590 g/mol. The summed E-state index contributed by atoms with van der Waals surface area (Å²) in [6, 6.07) is 5.98. The molecule has 1 aromatic rings. The van der Waals surface area contributed by atoms with Crippen molar-refractivity contribution in [2.24, 2.45) is 5.73 Å². The summed E-state index contributed by atoms with van der Waals surface area (Å²) in [4.78, 5) is 37.2. The number of halogens is 2. The summed E-state index contributed by atoms with van der Waals surface area (Å²) in [6.45, 7) is 1.06. The van der Waals surface area contributed by atoms with E-state index in [9.17, 15) is 14.4 Å². The van der Waals surface area contributed by atoms with E-state index in [0.29, 0.717) is 13.1 Å². The lowest BCUT2D eigenvalue weighted by atomic mass is 10.1. The summed E-state index contributed by atoms with van der Waals surface area (Å²) >= 11 is 4.30. The molecule has 0 aliphatic rings. The molecule has 8 nitrogen and oxygen atoms in total. The predicted molar refractivity (Wildman–Crippen MR) is 112 cm³/mol. The Kier molecular flexibility index (Phi) is 11.0. The molecular formula is C16H20I2N2O6. The molecule has 0 amide bonds. The van der Waals surface area contributed by atoms with E-state index in [1.165, 1.54) is 0 Å². The molecule has 1 rings (SSSR count). The second kappa shape index (κ2) is 12.4. The van der Waals surface area contributed by atoms with E-state index >= 15 is 0 Å². The average Bonchev–Trinajstić information content (AvgIpc) is 2.59. The third-order valence-corrected chi connectivity index (χ3v) is 4.34. The maximum Gasteiger partial charge on any atom is 0.521 e. The molecule has 0 spiro atoms. The molecule has 0 aliphatic carbocycles. The van der Waals surface area contributed by atoms with Crippen LogP contribution in [0.2, 0.25) is 0 Å². The number of nitrogens with two attached hydrogens (primary N) is 1. The first kappa shape index (κ1) is 23.0. The Morgan fingerprint density at radius 2 is 1.69 bits per heavy atom. The minimum atomic E-state index is -1.25. The number of alkyl halides is 2. The van der Waals surface area contributed by atoms with Crippen molar-refractivity contribution < 1.29 is 29.0 Å². The summed E-state index contributed by atoms with van der Waals surface area (Å²) < 4.78 is 11.1. The van der Waals surface area contributed by atoms with Gasteiger partial charge in [0.25, 0.3) is 0 Å². The maximum absolute atomic E-state index is 12.5. The minimum absolute atomic E-state index is 0.167. The normalized spacial score (nSPS) is 13.1. The fourth-order valence-corrected chi connectivity index (χ4v) is 3.37. The Labute approximate surface area is 178 Å². The number of para-hydroxylation sites is 1. The minimum Gasteiger partial charge on any atom is -0.480 e. The van der Waals surface area contributed by atoms with Gasteiger partial charge in [0.05, 0.1) is 0 Å². The van der Waals surface area contributed by atoms with Crippen LogP contribution < -0.4 is 10.5 Å². The van der Waals surface area contributed by atoms with Crippen molar-refractivity contribution in [3.8, 4) is 5.75 Å². The largest absolute Gasteiger partial charge is 0.521 e. The third kappa shape index (κ3) is 8.14. The highest BCUT2D eigenvalue weighted by Gasteiger charge is 2.32. The van der Waals surface area contributed by atoms with E-state index in [1.807, 2.05) is 0 Å². The van der Waals surface area contributed by atoms with Gasteiger partial charge in [0, 0.05) is 21.9 Å². The first-order chi connectivity index (χ1) is 12.4. The molecule has 0 fully saturated rings. The molecule has 0 aliphatic heterocycles. The number of carbonyl (C=O) groups is 3. The number of carbonyl (C=O) groups excluding carboxylic acids is 2. The number of esters is 1. The van der Waals surface area contributed by atoms with Gasteiger partial charge in [-0.25, -0.2) is 9.59 Å². The highest BCUT2D eigenvalue weighted by molar-refractivity contribution is 14.1. The molecule has 1 aromatic carbocycles. The summed E-state index contributed by atoms with van der Waals surface area (Å²) in [5, 5.41) is 9.04. The van der Waals surface area contributed by atoms with Gasteiger partial charge in [0.1, 0.15) is 17.8 Å². The fraction of sp³-hybridized carbons (Fsp3) is 0.438. The molecule has 0 saturated heterocycles. The molecule has 0 radical (unpaired) electrons. The van der Waals surface area contributed by atoms with Gasteiger partial charge in [-0.3, -0.25) is 9.69 Å². The molecule has 0 bridgehead atoms. The Hall–Kier alpha value is -0.990. The van der Waals surface area contributed by atoms with E-state index in [-0.39, 0.29) is 12.2 Å². The van der Waals surface area contributed by atoms with Gasteiger partial charge >= 0.3 is 18.1 Å². The molecule has 10 heteroatoms. The topological polar surface area (TPSA) is 119 Å². The fourth-order valence-electron chi connectivity index (χ4n) is 2.13. The van der Waals surface area contributed by atoms with E-state index in [2.05, 4.69) is 45.2 Å². The summed E-state index contributed by atoms with van der Waals surface area (Å²) in [5.41, 5.74) is 5.59. The number of nitrogens with zero attached hydrogens (tertiary/aromatic N) is 1. The number of carboxylic acids is 1. The van der Waals surface area contributed by atoms with Crippen LogP contribution in [0.3, 0.4) is 0 Å². The maximum atomic E-state index is 12.5. The lowest BCUT2D eigenvalue weighted by Crippen LogP contribution is -2.49. The molecule has 26 heavy (non-hydrogen) atoms. The first-order valence-corrected chi connectivity index (χ1v) is 10.8. The summed E-state index contributed by atoms with van der Waals surface area (Å²) in [6.07, 6.45) is -1.33. The van der Waals surface area contributed by atoms with Gasteiger partial charge in [-0.2, -0.15) is 0 Å². The van der Waals surface area contributed by atoms with Crippen LogP contribution >= 0.6 is 45.2 Å². The van der Waals surface area contributed by atoms with Crippen molar-refractivity contribution in [2.75, 3.05) is 21.9 Å². The molecule has 1 unspecified atom stereocenters. The quantitative estimate of drug-likeness (QED) is 0.140. The van der Waals surface area contributed by atoms with E-state index in [1.54, 1.807) is 35.2 Å². The number of carboxylic acid groups (broad SMARTS) is 1. The molecule has 144 valence electrons. The van der Waals surface area contributed by atoms with Crippen LogP contribution in [0.1, 0.15) is 6.42 Å². The van der Waals surface area contributed by atoms with Crippen LogP contribution in [0.4, 0.5) is 4.79 Å². The molecule has 0 heterocycles. The van der Waals surface area contributed by atoms with Crippen LogP contribution in [0, 0.1) is 0 Å². The first-order valence-electron chi connectivity index (χ1n) is 7.72. The lowest BCUT2D eigenvalue weighted by Gasteiger charge is -2.29. The smallest absolute Gasteiger partial charge is 0.480 e. The molecule has 0 aromatic heterocycles. The summed E-state index contributed by atoms with van der Waals surface area (Å²) in [7, 11) is 0. The number of benzene rings is 1. The van der Waals surface area contributed by atoms with Gasteiger partial charge in [-0.15, -0.1) is 0 Å². The lowest BCUT2D eigenvalue weighted by molar-refractivity contribution is -0.146. The zero-order valence-corrected chi connectivity index (χ0v) is 18.2. The van der Waals surface area contributed by atoms with Crippen molar-refractivity contribution in [3.05, 3.63) is 30.3 Å². The van der Waals surface area contributed by atoms with Crippen molar-refractivity contribution in [3.63, 3.8) is 0 Å². The summed E-state index contributed by atoms with van der Waals surface area (Å²) in [5.74, 6) is -1.86. The Bertz CT molecular complexity index is 596. The van der Waals surface area contributed by atoms with Gasteiger partial charge in [-0.1, -0.05) is 63.4 Å². The highest BCUT2D eigenvalue weighted by atomic mass is 127. The van der Waals surface area contributed by atoms with Crippen LogP contribution in [0.25, 0.3) is 0 Å². The standard InChI is InChI=1S/C16H20I2N2O6/c17-6-8-20(9-7-18)13(10-12(19)14(21)22)15(23)26-16(24)25-11-4-2-1-3-5-11/h1-5,12-13H,6-10,19H2,(H,21,22)/t12-,13?/m0/s1. The molecule has 3 N–H and O–H groups in total. The second-order valence-corrected chi connectivity index (χ2v) is 7.35. The van der Waals surface area contributed by atoms with Crippen molar-refractivity contribution in [1.29, 1.82) is 0 Å². The SMILES string of the molecule is N[C@@H](CC(C(=O)OC(=O)Oc1ccccc1)N(CCI)CCI)C(=O)O. The van der Waals surface area contributed by atoms with Crippen molar-refractivity contribution in [2.45, 2.75) is 18.5 Å². The number of ether oxygens (including phenoxy) is 2. The van der Waals surface area contributed by atoms with Crippen LogP contribution in [0.5, 0.6) is 5.75 Å². The van der Waals surface area contributed by atoms with Crippen LogP contribution in [0.15, 0.2) is 30.3 Å². The average molecular weight is 590 g/mol. The van der Waals surface area contributed by atoms with Crippen LogP contribution in [-0.4, -0.2) is 62.1 Å². The van der Waals surface area contributed by atoms with Crippen LogP contribution in [-0.2, 0) is 14.3 Å². The number of aliphatic carboxylic acids is 1. The van der Waals surface area contributed by atoms with Gasteiger partial charge < -0.3 is 20.3 Å². The number of hydrogen-bond donors (Lipinski definition) is 2. The molecule has 0 saturated carbocycles. The van der Waals surface area contributed by atoms with E-state index in [4.69, 9.17) is 20.3 Å². The zero-order valence-electron chi connectivity index (χ0n) is 13.8. The second-order valence-electron chi connectivity index (χ2n) is 5.20. The van der Waals surface area contributed by atoms with Gasteiger partial charge in [0.15, 0.2) is 0 Å². The van der Waals surface area contributed by atoms with E-state index < -0.39 is 30.2 Å². The molecular weight excluding hydrogens is 570 g/mol. The highest BCUT2D eigenvalue weighted by Crippen LogP contribution is 2.13.